The van der Waals surface area contributed by atoms with Crippen molar-refractivity contribution in [2.45, 2.75) is 12.8 Å². The molecule has 0 unspecified atom stereocenters. The number of amides is 1. The molecule has 0 bridgehead atoms. The van der Waals surface area contributed by atoms with E-state index in [2.05, 4.69) is 10.3 Å². The number of hydrogen-bond acceptors (Lipinski definition) is 6. The number of carbonyl (C=O) groups is 2. The standard InChI is InChI=1S/C21H20N2O4S/c24-19(13-20-23-16(14-28-20)12-21(25)26)22-10-11-27-18-9-5-4-8-17(18)15-6-2-1-3-7-15/h1-9,14H,10-13H2,(H,22,24)(H,25,26)/p-1. The molecule has 0 saturated heterocycles. The van der Waals surface area contributed by atoms with Crippen LogP contribution in [0.2, 0.25) is 0 Å². The number of ether oxygens (including phenoxy) is 1. The Labute approximate surface area is 166 Å². The van der Waals surface area contributed by atoms with E-state index in [1.165, 1.54) is 11.3 Å². The quantitative estimate of drug-likeness (QED) is 0.558. The monoisotopic (exact) mass is 395 g/mol. The molecular weight excluding hydrogens is 376 g/mol. The van der Waals surface area contributed by atoms with Gasteiger partial charge in [0.15, 0.2) is 0 Å². The average Bonchev–Trinajstić information content (AvgIpc) is 3.12. The minimum Gasteiger partial charge on any atom is -0.550 e. The fraction of sp³-hybridized carbons (Fsp3) is 0.190. The fourth-order valence-corrected chi connectivity index (χ4v) is 3.45. The zero-order valence-corrected chi connectivity index (χ0v) is 15.9. The third-order valence-corrected chi connectivity index (χ3v) is 4.79. The number of carbonyl (C=O) groups excluding carboxylic acids is 2. The average molecular weight is 395 g/mol. The Morgan fingerprint density at radius 2 is 1.79 bits per heavy atom. The molecule has 0 aliphatic heterocycles. The lowest BCUT2D eigenvalue weighted by Crippen LogP contribution is -2.29. The van der Waals surface area contributed by atoms with E-state index < -0.39 is 5.97 Å². The van der Waals surface area contributed by atoms with Crippen molar-refractivity contribution < 1.29 is 19.4 Å². The molecule has 1 N–H and O–H groups in total. The molecule has 0 fully saturated rings. The highest BCUT2D eigenvalue weighted by atomic mass is 32.1. The van der Waals surface area contributed by atoms with E-state index in [4.69, 9.17) is 4.74 Å². The molecule has 144 valence electrons. The van der Waals surface area contributed by atoms with Gasteiger partial charge in [0.05, 0.1) is 18.7 Å². The maximum atomic E-state index is 12.0. The normalized spacial score (nSPS) is 10.4. The third-order valence-electron chi connectivity index (χ3n) is 3.89. The number of rotatable bonds is 9. The summed E-state index contributed by atoms with van der Waals surface area (Å²) < 4.78 is 5.84. The minimum absolute atomic E-state index is 0.109. The summed E-state index contributed by atoms with van der Waals surface area (Å²) in [6.07, 6.45) is -0.134. The van der Waals surface area contributed by atoms with Crippen LogP contribution in [0.25, 0.3) is 11.1 Å². The molecule has 3 rings (SSSR count). The van der Waals surface area contributed by atoms with Crippen LogP contribution in [-0.4, -0.2) is 30.0 Å². The van der Waals surface area contributed by atoms with Crippen molar-refractivity contribution in [1.82, 2.24) is 10.3 Å². The van der Waals surface area contributed by atoms with Crippen LogP contribution in [0.4, 0.5) is 0 Å². The molecule has 0 aliphatic rings. The second kappa shape index (κ2) is 9.66. The number of thiazole rings is 1. The maximum Gasteiger partial charge on any atom is 0.226 e. The molecule has 28 heavy (non-hydrogen) atoms. The van der Waals surface area contributed by atoms with Gasteiger partial charge in [-0.05, 0) is 11.6 Å². The first-order valence-corrected chi connectivity index (χ1v) is 9.67. The lowest BCUT2D eigenvalue weighted by Gasteiger charge is -2.12. The van der Waals surface area contributed by atoms with Crippen molar-refractivity contribution in [3.63, 3.8) is 0 Å². The first-order chi connectivity index (χ1) is 13.6. The number of carboxylic acid groups (broad SMARTS) is 1. The summed E-state index contributed by atoms with van der Waals surface area (Å²) in [6.45, 7) is 0.697. The van der Waals surface area contributed by atoms with E-state index in [0.29, 0.717) is 23.9 Å². The van der Waals surface area contributed by atoms with Gasteiger partial charge in [-0.15, -0.1) is 11.3 Å². The Morgan fingerprint density at radius 3 is 2.57 bits per heavy atom. The third kappa shape index (κ3) is 5.65. The molecule has 0 atom stereocenters. The molecular formula is C21H19N2O4S-. The minimum atomic E-state index is -1.19. The van der Waals surface area contributed by atoms with E-state index in [1.807, 2.05) is 54.6 Å². The number of benzene rings is 2. The van der Waals surface area contributed by atoms with Crippen LogP contribution < -0.4 is 15.2 Å². The summed E-state index contributed by atoms with van der Waals surface area (Å²) in [5.74, 6) is -0.613. The Kier molecular flexibility index (Phi) is 6.75. The molecule has 1 aromatic heterocycles. The molecule has 3 aromatic rings. The van der Waals surface area contributed by atoms with Gasteiger partial charge >= 0.3 is 0 Å². The van der Waals surface area contributed by atoms with Crippen LogP contribution >= 0.6 is 11.3 Å². The summed E-state index contributed by atoms with van der Waals surface area (Å²) in [7, 11) is 0. The van der Waals surface area contributed by atoms with Gasteiger partial charge in [-0.1, -0.05) is 48.5 Å². The molecule has 0 aliphatic carbocycles. The van der Waals surface area contributed by atoms with Crippen molar-refractivity contribution in [3.05, 3.63) is 70.7 Å². The van der Waals surface area contributed by atoms with Gasteiger partial charge < -0.3 is 20.0 Å². The van der Waals surface area contributed by atoms with Gasteiger partial charge in [0.25, 0.3) is 0 Å². The highest BCUT2D eigenvalue weighted by molar-refractivity contribution is 7.09. The highest BCUT2D eigenvalue weighted by Gasteiger charge is 2.09. The number of para-hydroxylation sites is 1. The number of nitrogens with one attached hydrogen (secondary N) is 1. The number of aromatic nitrogens is 1. The van der Waals surface area contributed by atoms with Gasteiger partial charge in [0, 0.05) is 23.3 Å². The molecule has 1 heterocycles. The van der Waals surface area contributed by atoms with Crippen LogP contribution in [0.5, 0.6) is 5.75 Å². The Balaban J connectivity index is 1.47. The number of nitrogens with zero attached hydrogens (tertiary/aromatic N) is 1. The Bertz CT molecular complexity index is 940. The number of aliphatic carboxylic acids is 1. The zero-order valence-electron chi connectivity index (χ0n) is 15.1. The summed E-state index contributed by atoms with van der Waals surface area (Å²) in [4.78, 5) is 26.7. The molecule has 0 saturated carbocycles. The highest BCUT2D eigenvalue weighted by Crippen LogP contribution is 2.29. The molecule has 0 radical (unpaired) electrons. The van der Waals surface area contributed by atoms with Gasteiger partial charge in [0.1, 0.15) is 17.4 Å². The fourth-order valence-electron chi connectivity index (χ4n) is 2.66. The van der Waals surface area contributed by atoms with Gasteiger partial charge in [-0.2, -0.15) is 0 Å². The van der Waals surface area contributed by atoms with Crippen molar-refractivity contribution in [2.24, 2.45) is 0 Å². The predicted octanol–water partition coefficient (Wildman–Crippen LogP) is 1.84. The summed E-state index contributed by atoms with van der Waals surface area (Å²) in [5, 5.41) is 15.6. The van der Waals surface area contributed by atoms with Crippen LogP contribution in [0.15, 0.2) is 60.0 Å². The van der Waals surface area contributed by atoms with Crippen LogP contribution in [0, 0.1) is 0 Å². The maximum absolute atomic E-state index is 12.0. The zero-order chi connectivity index (χ0) is 19.8. The van der Waals surface area contributed by atoms with E-state index in [0.717, 1.165) is 16.9 Å². The first kappa shape index (κ1) is 19.6. The Hall–Kier alpha value is -3.19. The number of carboxylic acids is 1. The van der Waals surface area contributed by atoms with E-state index in [-0.39, 0.29) is 18.7 Å². The van der Waals surface area contributed by atoms with Crippen molar-refractivity contribution in [3.8, 4) is 16.9 Å². The largest absolute Gasteiger partial charge is 0.550 e. The van der Waals surface area contributed by atoms with Gasteiger partial charge in [-0.25, -0.2) is 4.98 Å². The van der Waals surface area contributed by atoms with Crippen LogP contribution in [0.1, 0.15) is 10.7 Å². The second-order valence-corrected chi connectivity index (χ2v) is 6.96. The lowest BCUT2D eigenvalue weighted by molar-refractivity contribution is -0.304. The second-order valence-electron chi connectivity index (χ2n) is 6.02. The van der Waals surface area contributed by atoms with E-state index >= 15 is 0 Å². The molecule has 1 amide bonds. The van der Waals surface area contributed by atoms with Crippen molar-refractivity contribution in [2.75, 3.05) is 13.2 Å². The molecule has 2 aromatic carbocycles. The first-order valence-electron chi connectivity index (χ1n) is 8.79. The molecule has 6 nitrogen and oxygen atoms in total. The van der Waals surface area contributed by atoms with Gasteiger partial charge in [-0.3, -0.25) is 4.79 Å². The van der Waals surface area contributed by atoms with Crippen molar-refractivity contribution in [1.29, 1.82) is 0 Å². The topological polar surface area (TPSA) is 91.3 Å². The molecule has 0 spiro atoms. The van der Waals surface area contributed by atoms with E-state index in [9.17, 15) is 14.7 Å². The SMILES string of the molecule is O=C([O-])Cc1csc(CC(=O)NCCOc2ccccc2-c2ccccc2)n1. The Morgan fingerprint density at radius 1 is 1.04 bits per heavy atom. The lowest BCUT2D eigenvalue weighted by atomic mass is 10.1. The smallest absolute Gasteiger partial charge is 0.226 e. The van der Waals surface area contributed by atoms with E-state index in [1.54, 1.807) is 5.38 Å². The summed E-state index contributed by atoms with van der Waals surface area (Å²) in [6, 6.07) is 17.7. The van der Waals surface area contributed by atoms with Crippen molar-refractivity contribution >= 4 is 23.2 Å². The predicted molar refractivity (Wildman–Crippen MR) is 105 cm³/mol. The summed E-state index contributed by atoms with van der Waals surface area (Å²) >= 11 is 1.26. The summed E-state index contributed by atoms with van der Waals surface area (Å²) in [5.41, 5.74) is 2.48. The van der Waals surface area contributed by atoms with Crippen LogP contribution in [0.3, 0.4) is 0 Å². The molecule has 7 heteroatoms. The van der Waals surface area contributed by atoms with Gasteiger partial charge in [0.2, 0.25) is 5.91 Å². The number of hydrogen-bond donors (Lipinski definition) is 1. The van der Waals surface area contributed by atoms with Crippen LogP contribution in [-0.2, 0) is 22.4 Å².